The van der Waals surface area contributed by atoms with Gasteiger partial charge in [-0.05, 0) is 42.5 Å². The molecule has 1 aromatic heterocycles. The average Bonchev–Trinajstić information content (AvgIpc) is 3.08. The first-order valence-corrected chi connectivity index (χ1v) is 10.3. The quantitative estimate of drug-likeness (QED) is 0.886. The minimum absolute atomic E-state index is 0.148. The lowest BCUT2D eigenvalue weighted by molar-refractivity contribution is -0.115. The van der Waals surface area contributed by atoms with Crippen molar-refractivity contribution in [3.63, 3.8) is 0 Å². The van der Waals surface area contributed by atoms with Crippen LogP contribution in [0.15, 0.2) is 46.7 Å². The van der Waals surface area contributed by atoms with Crippen molar-refractivity contribution in [3.05, 3.63) is 46.7 Å². The number of amides is 1. The summed E-state index contributed by atoms with van der Waals surface area (Å²) in [6.45, 7) is 1.13. The van der Waals surface area contributed by atoms with Crippen LogP contribution in [0, 0.1) is 0 Å². The predicted octanol–water partition coefficient (Wildman–Crippen LogP) is 3.10. The molecular weight excluding hydrogens is 344 g/mol. The maximum Gasteiger partial charge on any atom is 0.243 e. The van der Waals surface area contributed by atoms with Gasteiger partial charge in [0.15, 0.2) is 0 Å². The molecular formula is C17H20N2O3S2. The first-order chi connectivity index (χ1) is 11.6. The van der Waals surface area contributed by atoms with E-state index in [1.165, 1.54) is 21.7 Å². The lowest BCUT2D eigenvalue weighted by Crippen LogP contribution is -2.35. The molecule has 2 aromatic rings. The summed E-state index contributed by atoms with van der Waals surface area (Å²) in [7, 11) is -3.49. The third kappa shape index (κ3) is 4.03. The lowest BCUT2D eigenvalue weighted by atomic mass is 10.2. The van der Waals surface area contributed by atoms with Crippen molar-refractivity contribution in [2.45, 2.75) is 30.6 Å². The molecule has 0 saturated carbocycles. The van der Waals surface area contributed by atoms with Crippen LogP contribution in [-0.2, 0) is 21.2 Å². The van der Waals surface area contributed by atoms with Crippen LogP contribution in [0.25, 0.3) is 0 Å². The summed E-state index contributed by atoms with van der Waals surface area (Å²) < 4.78 is 26.9. The predicted molar refractivity (Wildman–Crippen MR) is 95.7 cm³/mol. The molecule has 1 aliphatic heterocycles. The normalized spacial score (nSPS) is 16.0. The fourth-order valence-electron chi connectivity index (χ4n) is 2.77. The lowest BCUT2D eigenvalue weighted by Gasteiger charge is -2.26. The maximum absolute atomic E-state index is 12.7. The number of rotatable bonds is 5. The summed E-state index contributed by atoms with van der Waals surface area (Å²) in [5.74, 6) is -0.148. The minimum Gasteiger partial charge on any atom is -0.326 e. The molecule has 1 saturated heterocycles. The van der Waals surface area contributed by atoms with E-state index in [4.69, 9.17) is 0 Å². The molecule has 1 fully saturated rings. The topological polar surface area (TPSA) is 66.5 Å². The van der Waals surface area contributed by atoms with E-state index in [0.29, 0.717) is 25.2 Å². The van der Waals surface area contributed by atoms with Gasteiger partial charge in [-0.15, -0.1) is 11.3 Å². The summed E-state index contributed by atoms with van der Waals surface area (Å²) >= 11 is 1.52. The first kappa shape index (κ1) is 17.1. The monoisotopic (exact) mass is 364 g/mol. The highest BCUT2D eigenvalue weighted by molar-refractivity contribution is 7.89. The zero-order valence-corrected chi connectivity index (χ0v) is 14.9. The van der Waals surface area contributed by atoms with Crippen LogP contribution in [0.4, 0.5) is 5.69 Å². The highest BCUT2D eigenvalue weighted by Gasteiger charge is 2.26. The molecule has 3 rings (SSSR count). The van der Waals surface area contributed by atoms with Crippen molar-refractivity contribution >= 4 is 33.0 Å². The number of hydrogen-bond donors (Lipinski definition) is 1. The van der Waals surface area contributed by atoms with Gasteiger partial charge in [-0.2, -0.15) is 4.31 Å². The van der Waals surface area contributed by atoms with Gasteiger partial charge in [-0.3, -0.25) is 4.79 Å². The Morgan fingerprint density at radius 3 is 2.62 bits per heavy atom. The standard InChI is InChI=1S/C17H20N2O3S2/c20-17(13-15-7-5-11-23-15)18-14-6-4-8-16(12-14)24(21,22)19-9-2-1-3-10-19/h4-8,11-12H,1-3,9-10,13H2,(H,18,20). The molecule has 2 heterocycles. The Bertz CT molecular complexity index is 795. The third-order valence-corrected chi connectivity index (χ3v) is 6.76. The molecule has 128 valence electrons. The number of nitrogens with one attached hydrogen (secondary N) is 1. The molecule has 1 aromatic carbocycles. The van der Waals surface area contributed by atoms with Crippen LogP contribution in [0.5, 0.6) is 0 Å². The number of piperidine rings is 1. The zero-order valence-electron chi connectivity index (χ0n) is 13.3. The van der Waals surface area contributed by atoms with E-state index < -0.39 is 10.0 Å². The molecule has 24 heavy (non-hydrogen) atoms. The number of anilines is 1. The molecule has 0 aliphatic carbocycles. The second-order valence-corrected chi connectivity index (χ2v) is 8.77. The molecule has 0 spiro atoms. The molecule has 5 nitrogen and oxygen atoms in total. The maximum atomic E-state index is 12.7. The summed E-state index contributed by atoms with van der Waals surface area (Å²) in [4.78, 5) is 13.3. The van der Waals surface area contributed by atoms with Crippen LogP contribution in [-0.4, -0.2) is 31.7 Å². The second-order valence-electron chi connectivity index (χ2n) is 5.80. The Hall–Kier alpha value is -1.70. The fourth-order valence-corrected chi connectivity index (χ4v) is 5.03. The van der Waals surface area contributed by atoms with Gasteiger partial charge in [-0.1, -0.05) is 18.6 Å². The summed E-state index contributed by atoms with van der Waals surface area (Å²) in [6, 6.07) is 10.3. The summed E-state index contributed by atoms with van der Waals surface area (Å²) in [5.41, 5.74) is 0.509. The van der Waals surface area contributed by atoms with Crippen molar-refractivity contribution in [3.8, 4) is 0 Å². The van der Waals surface area contributed by atoms with Gasteiger partial charge in [0.25, 0.3) is 0 Å². The largest absolute Gasteiger partial charge is 0.326 e. The molecule has 1 N–H and O–H groups in total. The molecule has 1 aliphatic rings. The van der Waals surface area contributed by atoms with E-state index in [1.54, 1.807) is 18.2 Å². The molecule has 7 heteroatoms. The number of thiophene rings is 1. The van der Waals surface area contributed by atoms with Gasteiger partial charge < -0.3 is 5.32 Å². The van der Waals surface area contributed by atoms with Gasteiger partial charge in [-0.25, -0.2) is 8.42 Å². The number of benzene rings is 1. The van der Waals surface area contributed by atoms with E-state index in [9.17, 15) is 13.2 Å². The van der Waals surface area contributed by atoms with E-state index in [-0.39, 0.29) is 10.8 Å². The van der Waals surface area contributed by atoms with Gasteiger partial charge >= 0.3 is 0 Å². The van der Waals surface area contributed by atoms with Crippen LogP contribution >= 0.6 is 11.3 Å². The van der Waals surface area contributed by atoms with Crippen molar-refractivity contribution < 1.29 is 13.2 Å². The Kier molecular flexibility index (Phi) is 5.33. The fraction of sp³-hybridized carbons (Fsp3) is 0.353. The molecule has 0 radical (unpaired) electrons. The molecule has 0 atom stereocenters. The summed E-state index contributed by atoms with van der Waals surface area (Å²) in [5, 5.41) is 4.71. The van der Waals surface area contributed by atoms with E-state index in [2.05, 4.69) is 5.32 Å². The highest BCUT2D eigenvalue weighted by Crippen LogP contribution is 2.23. The molecule has 1 amide bonds. The number of hydrogen-bond acceptors (Lipinski definition) is 4. The van der Waals surface area contributed by atoms with Crippen molar-refractivity contribution in [1.82, 2.24) is 4.31 Å². The van der Waals surface area contributed by atoms with Crippen LogP contribution in [0.1, 0.15) is 24.1 Å². The van der Waals surface area contributed by atoms with Gasteiger partial charge in [0, 0.05) is 23.7 Å². The SMILES string of the molecule is O=C(Cc1cccs1)Nc1cccc(S(=O)(=O)N2CCCCC2)c1. The minimum atomic E-state index is -3.49. The van der Waals surface area contributed by atoms with Crippen LogP contribution < -0.4 is 5.32 Å². The van der Waals surface area contributed by atoms with E-state index >= 15 is 0 Å². The van der Waals surface area contributed by atoms with Crippen molar-refractivity contribution in [2.75, 3.05) is 18.4 Å². The number of carbonyl (C=O) groups is 1. The Balaban J connectivity index is 1.72. The summed E-state index contributed by atoms with van der Waals surface area (Å²) in [6.07, 6.45) is 3.17. The Labute approximate surface area is 146 Å². The Morgan fingerprint density at radius 2 is 1.92 bits per heavy atom. The second kappa shape index (κ2) is 7.46. The van der Waals surface area contributed by atoms with Crippen molar-refractivity contribution in [1.29, 1.82) is 0 Å². The van der Waals surface area contributed by atoms with Crippen LogP contribution in [0.2, 0.25) is 0 Å². The number of carbonyl (C=O) groups excluding carboxylic acids is 1. The molecule has 0 unspecified atom stereocenters. The smallest absolute Gasteiger partial charge is 0.243 e. The van der Waals surface area contributed by atoms with Gasteiger partial charge in [0.2, 0.25) is 15.9 Å². The first-order valence-electron chi connectivity index (χ1n) is 7.98. The average molecular weight is 364 g/mol. The molecule has 0 bridgehead atoms. The van der Waals surface area contributed by atoms with Crippen LogP contribution in [0.3, 0.4) is 0 Å². The Morgan fingerprint density at radius 1 is 1.12 bits per heavy atom. The number of sulfonamides is 1. The zero-order chi connectivity index (χ0) is 17.0. The van der Waals surface area contributed by atoms with Crippen molar-refractivity contribution in [2.24, 2.45) is 0 Å². The van der Waals surface area contributed by atoms with E-state index in [0.717, 1.165) is 24.1 Å². The van der Waals surface area contributed by atoms with Gasteiger partial charge in [0.05, 0.1) is 11.3 Å². The van der Waals surface area contributed by atoms with E-state index in [1.807, 2.05) is 17.5 Å². The number of nitrogens with zero attached hydrogens (tertiary/aromatic N) is 1. The van der Waals surface area contributed by atoms with Gasteiger partial charge in [0.1, 0.15) is 0 Å². The highest BCUT2D eigenvalue weighted by atomic mass is 32.2. The third-order valence-electron chi connectivity index (χ3n) is 3.99.